The highest BCUT2D eigenvalue weighted by Gasteiger charge is 2.20. The first kappa shape index (κ1) is 22.1. The van der Waals surface area contributed by atoms with Gasteiger partial charge in [-0.15, -0.1) is 11.8 Å². The van der Waals surface area contributed by atoms with E-state index in [9.17, 15) is 4.79 Å². The number of nitrogens with zero attached hydrogens (tertiary/aromatic N) is 3. The molecule has 4 rings (SSSR count). The molecule has 1 saturated heterocycles. The zero-order chi connectivity index (χ0) is 21.6. The van der Waals surface area contributed by atoms with Crippen LogP contribution in [0, 0.1) is 13.8 Å². The summed E-state index contributed by atoms with van der Waals surface area (Å²) in [6, 6.07) is 14.6. The van der Waals surface area contributed by atoms with E-state index in [0.29, 0.717) is 13.0 Å². The van der Waals surface area contributed by atoms with Gasteiger partial charge in [0.1, 0.15) is 0 Å². The molecule has 1 aromatic heterocycles. The number of carbonyl (C=O) groups excluding carboxylic acids is 1. The second-order valence-electron chi connectivity index (χ2n) is 7.94. The van der Waals surface area contributed by atoms with E-state index in [1.165, 1.54) is 20.7 Å². The van der Waals surface area contributed by atoms with Crippen LogP contribution in [-0.4, -0.2) is 60.8 Å². The van der Waals surface area contributed by atoms with E-state index in [2.05, 4.69) is 53.2 Å². The van der Waals surface area contributed by atoms with Crippen LogP contribution in [0.1, 0.15) is 17.5 Å². The minimum absolute atomic E-state index is 0.141. The Bertz CT molecular complexity index is 1010. The van der Waals surface area contributed by atoms with E-state index in [1.54, 1.807) is 23.1 Å². The van der Waals surface area contributed by atoms with Gasteiger partial charge in [0.2, 0.25) is 5.91 Å². The first-order valence-corrected chi connectivity index (χ1v) is 12.7. The number of fused-ring (bicyclic) bond motifs is 1. The van der Waals surface area contributed by atoms with Crippen LogP contribution in [0.5, 0.6) is 0 Å². The van der Waals surface area contributed by atoms with Crippen molar-refractivity contribution in [2.45, 2.75) is 25.2 Å². The van der Waals surface area contributed by atoms with Gasteiger partial charge in [-0.1, -0.05) is 35.6 Å². The van der Waals surface area contributed by atoms with Crippen LogP contribution in [0.4, 0.5) is 5.13 Å². The molecule has 31 heavy (non-hydrogen) atoms. The monoisotopic (exact) mass is 454 g/mol. The fourth-order valence-corrected chi connectivity index (χ4v) is 5.68. The zero-order valence-corrected chi connectivity index (χ0v) is 19.9. The van der Waals surface area contributed by atoms with Gasteiger partial charge in [-0.3, -0.25) is 9.69 Å². The minimum Gasteiger partial charge on any atom is -0.355 e. The summed E-state index contributed by atoms with van der Waals surface area (Å²) >= 11 is 3.52. The summed E-state index contributed by atoms with van der Waals surface area (Å²) < 4.78 is 1.27. The van der Waals surface area contributed by atoms with E-state index < -0.39 is 0 Å². The van der Waals surface area contributed by atoms with Crippen molar-refractivity contribution in [3.05, 3.63) is 53.6 Å². The maximum Gasteiger partial charge on any atom is 0.220 e. The summed E-state index contributed by atoms with van der Waals surface area (Å²) in [6.07, 6.45) is 0.559. The molecular formula is C24H30N4OS2. The van der Waals surface area contributed by atoms with Crippen molar-refractivity contribution >= 4 is 44.4 Å². The maximum atomic E-state index is 12.1. The third-order valence-electron chi connectivity index (χ3n) is 5.81. The normalized spacial score (nSPS) is 14.8. The first-order chi connectivity index (χ1) is 15.1. The summed E-state index contributed by atoms with van der Waals surface area (Å²) in [5.41, 5.74) is 3.74. The van der Waals surface area contributed by atoms with Gasteiger partial charge in [-0.2, -0.15) is 0 Å². The molecule has 164 valence electrons. The molecule has 0 radical (unpaired) electrons. The number of aryl methyl sites for hydroxylation is 2. The van der Waals surface area contributed by atoms with Gasteiger partial charge >= 0.3 is 0 Å². The van der Waals surface area contributed by atoms with E-state index >= 15 is 0 Å². The van der Waals surface area contributed by atoms with Crippen LogP contribution in [0.15, 0.2) is 47.4 Å². The van der Waals surface area contributed by atoms with Crippen molar-refractivity contribution in [1.29, 1.82) is 0 Å². The highest BCUT2D eigenvalue weighted by Crippen LogP contribution is 2.32. The fourth-order valence-electron chi connectivity index (χ4n) is 3.73. The third kappa shape index (κ3) is 5.79. The van der Waals surface area contributed by atoms with Crippen LogP contribution < -0.4 is 10.2 Å². The zero-order valence-electron chi connectivity index (χ0n) is 18.3. The molecule has 1 amide bonds. The summed E-state index contributed by atoms with van der Waals surface area (Å²) in [4.78, 5) is 23.1. The van der Waals surface area contributed by atoms with Crippen molar-refractivity contribution in [3.63, 3.8) is 0 Å². The molecule has 0 bridgehead atoms. The Balaban J connectivity index is 1.16. The number of benzene rings is 2. The Morgan fingerprint density at radius 2 is 1.87 bits per heavy atom. The average molecular weight is 455 g/mol. The molecular weight excluding hydrogens is 424 g/mol. The van der Waals surface area contributed by atoms with E-state index in [4.69, 9.17) is 4.98 Å². The first-order valence-electron chi connectivity index (χ1n) is 10.9. The summed E-state index contributed by atoms with van der Waals surface area (Å²) in [5.74, 6) is 0.956. The molecule has 5 nitrogen and oxygen atoms in total. The second-order valence-corrected chi connectivity index (χ2v) is 10.1. The van der Waals surface area contributed by atoms with Crippen molar-refractivity contribution in [2.24, 2.45) is 0 Å². The van der Waals surface area contributed by atoms with Crippen molar-refractivity contribution in [2.75, 3.05) is 49.9 Å². The van der Waals surface area contributed by atoms with E-state index in [1.807, 2.05) is 18.2 Å². The molecule has 0 aliphatic carbocycles. The molecule has 1 N–H and O–H groups in total. The Hall–Kier alpha value is -2.09. The predicted octanol–water partition coefficient (Wildman–Crippen LogP) is 4.33. The number of nitrogens with one attached hydrogen (secondary N) is 1. The number of carbonyl (C=O) groups is 1. The SMILES string of the molecule is Cc1ccc2sc(N3CCN(CCNC(=O)CCSc4ccccc4)CC3)nc2c1C. The number of thioether (sulfide) groups is 1. The quantitative estimate of drug-likeness (QED) is 0.513. The van der Waals surface area contributed by atoms with Crippen LogP contribution >= 0.6 is 23.1 Å². The summed E-state index contributed by atoms with van der Waals surface area (Å²) in [5, 5.41) is 4.20. The molecule has 7 heteroatoms. The van der Waals surface area contributed by atoms with Gasteiger partial charge in [0.05, 0.1) is 10.2 Å². The lowest BCUT2D eigenvalue weighted by molar-refractivity contribution is -0.120. The lowest BCUT2D eigenvalue weighted by Gasteiger charge is -2.34. The van der Waals surface area contributed by atoms with Crippen molar-refractivity contribution in [3.8, 4) is 0 Å². The van der Waals surface area contributed by atoms with Crippen LogP contribution in [0.25, 0.3) is 10.2 Å². The van der Waals surface area contributed by atoms with Gasteiger partial charge in [0.25, 0.3) is 0 Å². The van der Waals surface area contributed by atoms with Crippen LogP contribution in [0.3, 0.4) is 0 Å². The van der Waals surface area contributed by atoms with E-state index in [0.717, 1.165) is 49.1 Å². The number of hydrogen-bond acceptors (Lipinski definition) is 6. The Kier molecular flexibility index (Phi) is 7.48. The molecule has 0 unspecified atom stereocenters. The number of thiazole rings is 1. The Morgan fingerprint density at radius 1 is 1.10 bits per heavy atom. The number of piperazine rings is 1. The highest BCUT2D eigenvalue weighted by molar-refractivity contribution is 7.99. The minimum atomic E-state index is 0.141. The lowest BCUT2D eigenvalue weighted by Crippen LogP contribution is -2.48. The number of hydrogen-bond donors (Lipinski definition) is 1. The van der Waals surface area contributed by atoms with Crippen molar-refractivity contribution < 1.29 is 4.79 Å². The van der Waals surface area contributed by atoms with Gasteiger partial charge in [-0.05, 0) is 43.2 Å². The predicted molar refractivity (Wildman–Crippen MR) is 133 cm³/mol. The number of amides is 1. The number of anilines is 1. The highest BCUT2D eigenvalue weighted by atomic mass is 32.2. The molecule has 1 fully saturated rings. The maximum absolute atomic E-state index is 12.1. The van der Waals surface area contributed by atoms with Crippen LogP contribution in [-0.2, 0) is 4.79 Å². The molecule has 0 saturated carbocycles. The number of rotatable bonds is 8. The lowest BCUT2D eigenvalue weighted by atomic mass is 10.1. The van der Waals surface area contributed by atoms with Crippen LogP contribution in [0.2, 0.25) is 0 Å². The molecule has 3 aromatic rings. The number of aromatic nitrogens is 1. The molecule has 0 atom stereocenters. The van der Waals surface area contributed by atoms with Gasteiger partial charge in [-0.25, -0.2) is 4.98 Å². The topological polar surface area (TPSA) is 48.5 Å². The van der Waals surface area contributed by atoms with Gasteiger partial charge in [0, 0.05) is 56.3 Å². The standard InChI is InChI=1S/C24H30N4OS2/c1-18-8-9-21-23(19(18)2)26-24(31-21)28-15-13-27(14-16-28)12-11-25-22(29)10-17-30-20-6-4-3-5-7-20/h3-9H,10-17H2,1-2H3,(H,25,29). The van der Waals surface area contributed by atoms with Gasteiger partial charge in [0.15, 0.2) is 5.13 Å². The second kappa shape index (κ2) is 10.5. The summed E-state index contributed by atoms with van der Waals surface area (Å²) in [7, 11) is 0. The molecule has 1 aliphatic rings. The smallest absolute Gasteiger partial charge is 0.220 e. The fraction of sp³-hybridized carbons (Fsp3) is 0.417. The van der Waals surface area contributed by atoms with Crippen molar-refractivity contribution in [1.82, 2.24) is 15.2 Å². The Morgan fingerprint density at radius 3 is 2.65 bits per heavy atom. The molecule has 1 aliphatic heterocycles. The Labute approximate surface area is 192 Å². The molecule has 0 spiro atoms. The van der Waals surface area contributed by atoms with Gasteiger partial charge < -0.3 is 10.2 Å². The largest absolute Gasteiger partial charge is 0.355 e. The average Bonchev–Trinajstić information content (AvgIpc) is 3.23. The third-order valence-corrected chi connectivity index (χ3v) is 7.90. The van der Waals surface area contributed by atoms with E-state index in [-0.39, 0.29) is 5.91 Å². The summed E-state index contributed by atoms with van der Waals surface area (Å²) in [6.45, 7) is 9.92. The molecule has 2 heterocycles. The molecule has 2 aromatic carbocycles.